The molecule has 0 unspecified atom stereocenters. The largest absolute Gasteiger partial charge is 0.450 e. The fourth-order valence-corrected chi connectivity index (χ4v) is 1.11. The van der Waals surface area contributed by atoms with Crippen molar-refractivity contribution in [3.05, 3.63) is 40.1 Å². The van der Waals surface area contributed by atoms with Crippen molar-refractivity contribution in [1.82, 2.24) is 0 Å². The highest BCUT2D eigenvalue weighted by atomic mass is 16.6. The van der Waals surface area contributed by atoms with E-state index in [0.717, 1.165) is 0 Å². The van der Waals surface area contributed by atoms with Crippen LogP contribution in [0.2, 0.25) is 0 Å². The summed E-state index contributed by atoms with van der Waals surface area (Å²) in [7, 11) is 0. The molecule has 76 valence electrons. The summed E-state index contributed by atoms with van der Waals surface area (Å²) in [5.74, 6) is 0.276. The van der Waals surface area contributed by atoms with E-state index < -0.39 is 4.92 Å². The Morgan fingerprint density at radius 3 is 2.33 bits per heavy atom. The summed E-state index contributed by atoms with van der Waals surface area (Å²) in [6, 6.07) is 5.59. The fourth-order valence-electron chi connectivity index (χ4n) is 1.11. The molecule has 0 N–H and O–H groups in total. The van der Waals surface area contributed by atoms with E-state index in [4.69, 9.17) is 8.83 Å². The van der Waals surface area contributed by atoms with Gasteiger partial charge in [0.1, 0.15) is 4.92 Å². The molecule has 0 amide bonds. The van der Waals surface area contributed by atoms with Gasteiger partial charge < -0.3 is 8.83 Å². The number of furan rings is 2. The zero-order valence-corrected chi connectivity index (χ0v) is 7.38. The Hall–Kier alpha value is -2.37. The van der Waals surface area contributed by atoms with Crippen LogP contribution in [0.4, 0.5) is 5.88 Å². The number of hydrogen-bond acceptors (Lipinski definition) is 5. The third-order valence-electron chi connectivity index (χ3n) is 1.76. The van der Waals surface area contributed by atoms with Crippen LogP contribution in [0.15, 0.2) is 33.1 Å². The van der Waals surface area contributed by atoms with Crippen LogP contribution in [-0.2, 0) is 0 Å². The SMILES string of the molecule is O=Cc1ccc(-c2ccc([N+](=O)[O-])o2)o1. The van der Waals surface area contributed by atoms with Crippen molar-refractivity contribution < 1.29 is 18.6 Å². The van der Waals surface area contributed by atoms with Crippen molar-refractivity contribution in [2.24, 2.45) is 0 Å². The predicted molar refractivity (Wildman–Crippen MR) is 48.5 cm³/mol. The van der Waals surface area contributed by atoms with Gasteiger partial charge in [0.05, 0.1) is 6.07 Å². The van der Waals surface area contributed by atoms with Crippen molar-refractivity contribution in [1.29, 1.82) is 0 Å². The topological polar surface area (TPSA) is 86.5 Å². The minimum absolute atomic E-state index is 0.143. The van der Waals surface area contributed by atoms with E-state index in [9.17, 15) is 14.9 Å². The average molecular weight is 207 g/mol. The van der Waals surface area contributed by atoms with Gasteiger partial charge in [-0.15, -0.1) is 0 Å². The van der Waals surface area contributed by atoms with Gasteiger partial charge in [0, 0.05) is 0 Å². The molecule has 6 nitrogen and oxygen atoms in total. The molecule has 0 atom stereocenters. The minimum Gasteiger partial charge on any atom is -0.450 e. The van der Waals surface area contributed by atoms with Crippen LogP contribution in [0.25, 0.3) is 11.5 Å². The monoisotopic (exact) mass is 207 g/mol. The molecule has 0 aromatic carbocycles. The zero-order valence-electron chi connectivity index (χ0n) is 7.38. The van der Waals surface area contributed by atoms with Crippen LogP contribution in [-0.4, -0.2) is 11.2 Å². The van der Waals surface area contributed by atoms with E-state index in [1.165, 1.54) is 24.3 Å². The Morgan fingerprint density at radius 2 is 1.80 bits per heavy atom. The van der Waals surface area contributed by atoms with Gasteiger partial charge in [0.25, 0.3) is 0 Å². The van der Waals surface area contributed by atoms with Crippen molar-refractivity contribution in [2.45, 2.75) is 0 Å². The Kier molecular flexibility index (Phi) is 2.09. The highest BCUT2D eigenvalue weighted by molar-refractivity contribution is 5.72. The van der Waals surface area contributed by atoms with E-state index in [0.29, 0.717) is 6.29 Å². The summed E-state index contributed by atoms with van der Waals surface area (Å²) in [4.78, 5) is 20.0. The van der Waals surface area contributed by atoms with Gasteiger partial charge in [-0.3, -0.25) is 14.9 Å². The normalized spacial score (nSPS) is 10.1. The van der Waals surface area contributed by atoms with E-state index in [1.807, 2.05) is 0 Å². The summed E-state index contributed by atoms with van der Waals surface area (Å²) in [5, 5.41) is 10.3. The summed E-state index contributed by atoms with van der Waals surface area (Å²) < 4.78 is 9.91. The summed E-state index contributed by atoms with van der Waals surface area (Å²) in [6.07, 6.45) is 0.543. The van der Waals surface area contributed by atoms with Gasteiger partial charge in [-0.1, -0.05) is 0 Å². The third-order valence-corrected chi connectivity index (χ3v) is 1.76. The molecule has 0 bridgehead atoms. The first-order valence-corrected chi connectivity index (χ1v) is 4.00. The number of carbonyl (C=O) groups excluding carboxylic acids is 1. The van der Waals surface area contributed by atoms with Crippen molar-refractivity contribution in [3.63, 3.8) is 0 Å². The van der Waals surface area contributed by atoms with Crippen LogP contribution in [0, 0.1) is 10.1 Å². The summed E-state index contributed by atoms with van der Waals surface area (Å²) in [6.45, 7) is 0. The molecular weight excluding hydrogens is 202 g/mol. The average Bonchev–Trinajstić information content (AvgIpc) is 2.86. The highest BCUT2D eigenvalue weighted by Crippen LogP contribution is 2.27. The predicted octanol–water partition coefficient (Wildman–Crippen LogP) is 2.26. The maximum atomic E-state index is 10.3. The molecule has 2 aromatic rings. The number of hydrogen-bond donors (Lipinski definition) is 0. The Bertz CT molecular complexity index is 510. The Labute approximate surface area is 83.3 Å². The smallest absolute Gasteiger partial charge is 0.433 e. The summed E-state index contributed by atoms with van der Waals surface area (Å²) >= 11 is 0. The molecule has 2 heterocycles. The first-order chi connectivity index (χ1) is 7.20. The second-order valence-corrected chi connectivity index (χ2v) is 2.71. The highest BCUT2D eigenvalue weighted by Gasteiger charge is 2.15. The third kappa shape index (κ3) is 1.64. The minimum atomic E-state index is -0.646. The van der Waals surface area contributed by atoms with E-state index in [1.54, 1.807) is 0 Å². The van der Waals surface area contributed by atoms with Gasteiger partial charge in [-0.2, -0.15) is 0 Å². The zero-order chi connectivity index (χ0) is 10.8. The molecule has 15 heavy (non-hydrogen) atoms. The first-order valence-electron chi connectivity index (χ1n) is 4.00. The van der Waals surface area contributed by atoms with E-state index in [-0.39, 0.29) is 23.2 Å². The fraction of sp³-hybridized carbons (Fsp3) is 0. The van der Waals surface area contributed by atoms with Crippen LogP contribution < -0.4 is 0 Å². The van der Waals surface area contributed by atoms with Crippen molar-refractivity contribution in [3.8, 4) is 11.5 Å². The molecule has 0 aliphatic rings. The van der Waals surface area contributed by atoms with Crippen LogP contribution >= 0.6 is 0 Å². The molecule has 0 aliphatic heterocycles. The lowest BCUT2D eigenvalue weighted by Gasteiger charge is -1.87. The molecule has 0 saturated heterocycles. The van der Waals surface area contributed by atoms with Crippen LogP contribution in [0.5, 0.6) is 0 Å². The molecular formula is C9H5NO5. The van der Waals surface area contributed by atoms with Gasteiger partial charge in [0.15, 0.2) is 23.6 Å². The van der Waals surface area contributed by atoms with Crippen LogP contribution in [0.1, 0.15) is 10.6 Å². The van der Waals surface area contributed by atoms with E-state index in [2.05, 4.69) is 0 Å². The number of aldehydes is 1. The molecule has 2 rings (SSSR count). The van der Waals surface area contributed by atoms with Gasteiger partial charge in [-0.25, -0.2) is 0 Å². The number of rotatable bonds is 3. The maximum absolute atomic E-state index is 10.3. The first kappa shape index (κ1) is 9.20. The number of nitro groups is 1. The second kappa shape index (κ2) is 3.41. The van der Waals surface area contributed by atoms with Crippen molar-refractivity contribution in [2.75, 3.05) is 0 Å². The standard InChI is InChI=1S/C9H5NO5/c11-5-6-1-2-7(14-6)8-3-4-9(15-8)10(12)13/h1-5H. The van der Waals surface area contributed by atoms with Gasteiger partial charge in [-0.05, 0) is 18.2 Å². The molecule has 0 fully saturated rings. The Balaban J connectivity index is 2.36. The number of nitrogens with zero attached hydrogens (tertiary/aromatic N) is 1. The molecule has 0 radical (unpaired) electrons. The number of carbonyl (C=O) groups is 1. The molecule has 6 heteroatoms. The second-order valence-electron chi connectivity index (χ2n) is 2.71. The van der Waals surface area contributed by atoms with E-state index >= 15 is 0 Å². The lowest BCUT2D eigenvalue weighted by atomic mass is 10.3. The van der Waals surface area contributed by atoms with Gasteiger partial charge in [0.2, 0.25) is 0 Å². The molecule has 2 aromatic heterocycles. The lowest BCUT2D eigenvalue weighted by molar-refractivity contribution is -0.401. The molecule has 0 aliphatic carbocycles. The Morgan fingerprint density at radius 1 is 1.13 bits per heavy atom. The summed E-state index contributed by atoms with van der Waals surface area (Å²) in [5.41, 5.74) is 0. The van der Waals surface area contributed by atoms with Crippen molar-refractivity contribution >= 4 is 12.2 Å². The van der Waals surface area contributed by atoms with Gasteiger partial charge >= 0.3 is 5.88 Å². The molecule has 0 spiro atoms. The van der Waals surface area contributed by atoms with Crippen LogP contribution in [0.3, 0.4) is 0 Å². The quantitative estimate of drug-likeness (QED) is 0.437. The maximum Gasteiger partial charge on any atom is 0.433 e. The molecule has 0 saturated carbocycles. The lowest BCUT2D eigenvalue weighted by Crippen LogP contribution is -1.82.